The minimum Gasteiger partial charge on any atom is -0.298 e. The fourth-order valence-corrected chi connectivity index (χ4v) is 1.28. The molecule has 2 rings (SSSR count). The van der Waals surface area contributed by atoms with Crippen LogP contribution in [0.4, 0.5) is 0 Å². The zero-order chi connectivity index (χ0) is 8.55. The van der Waals surface area contributed by atoms with Crippen molar-refractivity contribution in [1.29, 1.82) is 0 Å². The number of aromatic amines is 1. The van der Waals surface area contributed by atoms with Gasteiger partial charge in [0.15, 0.2) is 6.29 Å². The van der Waals surface area contributed by atoms with Gasteiger partial charge in [-0.05, 0) is 12.1 Å². The fourth-order valence-electron chi connectivity index (χ4n) is 1.07. The van der Waals surface area contributed by atoms with Crippen LogP contribution in [-0.4, -0.2) is 16.5 Å². The van der Waals surface area contributed by atoms with E-state index in [2.05, 4.69) is 10.2 Å². The van der Waals surface area contributed by atoms with Crippen LogP contribution in [0.5, 0.6) is 0 Å². The van der Waals surface area contributed by atoms with Crippen molar-refractivity contribution in [2.24, 2.45) is 0 Å². The number of halogens is 1. The van der Waals surface area contributed by atoms with Gasteiger partial charge < -0.3 is 0 Å². The molecule has 0 saturated carbocycles. The minimum absolute atomic E-state index is 0.446. The standard InChI is InChI=1S/C8H5ClN2O/c9-7-2-8-5(3-10-11-8)1-6(7)4-12/h1-4H,(H,10,11). The summed E-state index contributed by atoms with van der Waals surface area (Å²) in [7, 11) is 0. The number of nitrogens with zero attached hydrogens (tertiary/aromatic N) is 1. The van der Waals surface area contributed by atoms with Crippen molar-refractivity contribution >= 4 is 28.8 Å². The van der Waals surface area contributed by atoms with E-state index in [0.717, 1.165) is 17.2 Å². The van der Waals surface area contributed by atoms with Gasteiger partial charge in [0, 0.05) is 10.9 Å². The second-order valence-corrected chi connectivity index (χ2v) is 2.86. The molecule has 0 saturated heterocycles. The predicted molar refractivity (Wildman–Crippen MR) is 46.5 cm³/mol. The molecular weight excluding hydrogens is 176 g/mol. The molecule has 0 spiro atoms. The summed E-state index contributed by atoms with van der Waals surface area (Å²) in [6, 6.07) is 3.39. The third-order valence-corrected chi connectivity index (χ3v) is 2.01. The van der Waals surface area contributed by atoms with Crippen LogP contribution in [-0.2, 0) is 0 Å². The van der Waals surface area contributed by atoms with E-state index in [0.29, 0.717) is 10.6 Å². The molecule has 0 bridgehead atoms. The quantitative estimate of drug-likeness (QED) is 0.683. The normalized spacial score (nSPS) is 10.4. The number of rotatable bonds is 1. The number of fused-ring (bicyclic) bond motifs is 1. The lowest BCUT2D eigenvalue weighted by atomic mass is 10.2. The molecule has 1 aromatic heterocycles. The van der Waals surface area contributed by atoms with Crippen molar-refractivity contribution in [3.63, 3.8) is 0 Å². The van der Waals surface area contributed by atoms with Crippen molar-refractivity contribution < 1.29 is 4.79 Å². The van der Waals surface area contributed by atoms with Gasteiger partial charge in [-0.3, -0.25) is 9.89 Å². The summed E-state index contributed by atoms with van der Waals surface area (Å²) in [6.45, 7) is 0. The highest BCUT2D eigenvalue weighted by Crippen LogP contribution is 2.20. The Hall–Kier alpha value is -1.35. The van der Waals surface area contributed by atoms with Crippen LogP contribution in [0.25, 0.3) is 10.9 Å². The summed E-state index contributed by atoms with van der Waals surface area (Å²) in [5.41, 5.74) is 1.33. The highest BCUT2D eigenvalue weighted by atomic mass is 35.5. The first kappa shape index (κ1) is 7.31. The van der Waals surface area contributed by atoms with Crippen LogP contribution in [0.3, 0.4) is 0 Å². The zero-order valence-corrected chi connectivity index (χ0v) is 6.80. The summed E-state index contributed by atoms with van der Waals surface area (Å²) < 4.78 is 0. The van der Waals surface area contributed by atoms with Gasteiger partial charge >= 0.3 is 0 Å². The lowest BCUT2D eigenvalue weighted by molar-refractivity contribution is 0.112. The largest absolute Gasteiger partial charge is 0.298 e. The van der Waals surface area contributed by atoms with Crippen LogP contribution in [0.1, 0.15) is 10.4 Å². The maximum Gasteiger partial charge on any atom is 0.151 e. The molecule has 0 atom stereocenters. The molecule has 0 fully saturated rings. The van der Waals surface area contributed by atoms with Crippen LogP contribution in [0.2, 0.25) is 5.02 Å². The number of nitrogens with one attached hydrogen (secondary N) is 1. The fraction of sp³-hybridized carbons (Fsp3) is 0. The van der Waals surface area contributed by atoms with E-state index in [-0.39, 0.29) is 0 Å². The number of benzene rings is 1. The maximum absolute atomic E-state index is 10.5. The summed E-state index contributed by atoms with van der Waals surface area (Å²) in [6.07, 6.45) is 2.38. The van der Waals surface area contributed by atoms with Gasteiger partial charge in [-0.2, -0.15) is 5.10 Å². The minimum atomic E-state index is 0.446. The van der Waals surface area contributed by atoms with Crippen molar-refractivity contribution in [2.75, 3.05) is 0 Å². The van der Waals surface area contributed by atoms with E-state index in [1.54, 1.807) is 18.3 Å². The summed E-state index contributed by atoms with van der Waals surface area (Å²) >= 11 is 5.78. The van der Waals surface area contributed by atoms with E-state index in [1.807, 2.05) is 0 Å². The molecular formula is C8H5ClN2O. The average Bonchev–Trinajstić information content (AvgIpc) is 2.49. The van der Waals surface area contributed by atoms with Crippen molar-refractivity contribution in [2.45, 2.75) is 0 Å². The number of aldehydes is 1. The molecule has 3 nitrogen and oxygen atoms in total. The third-order valence-electron chi connectivity index (χ3n) is 1.68. The lowest BCUT2D eigenvalue weighted by Crippen LogP contribution is -1.80. The smallest absolute Gasteiger partial charge is 0.151 e. The molecule has 4 heteroatoms. The first-order valence-electron chi connectivity index (χ1n) is 3.39. The number of aromatic nitrogens is 2. The second kappa shape index (κ2) is 2.60. The SMILES string of the molecule is O=Cc1cc2cn[nH]c2cc1Cl. The van der Waals surface area contributed by atoms with Gasteiger partial charge in [0.25, 0.3) is 0 Å². The molecule has 0 aliphatic carbocycles. The molecule has 1 heterocycles. The third kappa shape index (κ3) is 0.987. The van der Waals surface area contributed by atoms with Crippen LogP contribution in [0, 0.1) is 0 Å². The van der Waals surface area contributed by atoms with Gasteiger partial charge in [-0.25, -0.2) is 0 Å². The lowest BCUT2D eigenvalue weighted by Gasteiger charge is -1.94. The second-order valence-electron chi connectivity index (χ2n) is 2.45. The van der Waals surface area contributed by atoms with Gasteiger partial charge in [0.2, 0.25) is 0 Å². The van der Waals surface area contributed by atoms with E-state index >= 15 is 0 Å². The molecule has 60 valence electrons. The monoisotopic (exact) mass is 180 g/mol. The first-order chi connectivity index (χ1) is 5.81. The van der Waals surface area contributed by atoms with Gasteiger partial charge in [0.1, 0.15) is 0 Å². The van der Waals surface area contributed by atoms with Crippen molar-refractivity contribution in [3.8, 4) is 0 Å². The summed E-state index contributed by atoms with van der Waals surface area (Å²) in [4.78, 5) is 10.5. The Morgan fingerprint density at radius 3 is 3.08 bits per heavy atom. The van der Waals surface area contributed by atoms with E-state index < -0.39 is 0 Å². The molecule has 0 radical (unpaired) electrons. The van der Waals surface area contributed by atoms with Crippen LogP contribution in [0.15, 0.2) is 18.3 Å². The number of hydrogen-bond acceptors (Lipinski definition) is 2. The number of H-pyrrole nitrogens is 1. The Labute approximate surface area is 73.3 Å². The van der Waals surface area contributed by atoms with Crippen molar-refractivity contribution in [1.82, 2.24) is 10.2 Å². The summed E-state index contributed by atoms with van der Waals surface area (Å²) in [5, 5.41) is 7.92. The molecule has 2 aromatic rings. The highest BCUT2D eigenvalue weighted by Gasteiger charge is 2.02. The zero-order valence-electron chi connectivity index (χ0n) is 6.04. The number of carbonyl (C=O) groups is 1. The Bertz CT molecular complexity index is 436. The Balaban J connectivity index is 2.81. The molecule has 0 aliphatic heterocycles. The van der Waals surface area contributed by atoms with Crippen LogP contribution >= 0.6 is 11.6 Å². The molecule has 1 aromatic carbocycles. The molecule has 0 unspecified atom stereocenters. The van der Waals surface area contributed by atoms with E-state index in [4.69, 9.17) is 11.6 Å². The van der Waals surface area contributed by atoms with E-state index in [1.165, 1.54) is 0 Å². The highest BCUT2D eigenvalue weighted by molar-refractivity contribution is 6.33. The predicted octanol–water partition coefficient (Wildman–Crippen LogP) is 2.03. The Morgan fingerprint density at radius 1 is 1.50 bits per heavy atom. The summed E-state index contributed by atoms with van der Waals surface area (Å²) in [5.74, 6) is 0. The molecule has 0 amide bonds. The number of hydrogen-bond donors (Lipinski definition) is 1. The van der Waals surface area contributed by atoms with Gasteiger partial charge in [0.05, 0.1) is 16.7 Å². The van der Waals surface area contributed by atoms with Gasteiger partial charge in [-0.15, -0.1) is 0 Å². The molecule has 0 aliphatic rings. The average molecular weight is 181 g/mol. The van der Waals surface area contributed by atoms with Gasteiger partial charge in [-0.1, -0.05) is 11.6 Å². The first-order valence-corrected chi connectivity index (χ1v) is 3.77. The maximum atomic E-state index is 10.5. The molecule has 12 heavy (non-hydrogen) atoms. The number of carbonyl (C=O) groups excluding carboxylic acids is 1. The van der Waals surface area contributed by atoms with Crippen molar-refractivity contribution in [3.05, 3.63) is 28.9 Å². The van der Waals surface area contributed by atoms with Crippen LogP contribution < -0.4 is 0 Å². The Kier molecular flexibility index (Phi) is 1.59. The Morgan fingerprint density at radius 2 is 2.33 bits per heavy atom. The topological polar surface area (TPSA) is 45.8 Å². The van der Waals surface area contributed by atoms with E-state index in [9.17, 15) is 4.79 Å². The molecule has 1 N–H and O–H groups in total.